The summed E-state index contributed by atoms with van der Waals surface area (Å²) in [5.41, 5.74) is 3.70. The molecule has 0 spiro atoms. The smallest absolute Gasteiger partial charge is 0.210 e. The number of carbonyl (C=O) groups is 1. The van der Waals surface area contributed by atoms with Crippen molar-refractivity contribution in [2.45, 2.75) is 16.2 Å². The second kappa shape index (κ2) is 7.16. The normalized spacial score (nSPS) is 19.3. The Hall–Kier alpha value is -2.52. The first-order chi connectivity index (χ1) is 12.4. The standard InChI is InChI=1S/C22H19NOS/c24-16-23-15-21(25-18-11-5-2-6-12-18)19-13-7-8-14-20(19)22(23)17-9-3-1-4-10-17/h1-14,16,21-22H,15H2. The summed E-state index contributed by atoms with van der Waals surface area (Å²) in [6.07, 6.45) is 0.992. The van der Waals surface area contributed by atoms with Crippen LogP contribution in [0, 0.1) is 0 Å². The molecule has 0 radical (unpaired) electrons. The molecule has 25 heavy (non-hydrogen) atoms. The van der Waals surface area contributed by atoms with E-state index in [-0.39, 0.29) is 11.3 Å². The monoisotopic (exact) mass is 345 g/mol. The molecule has 2 unspecified atom stereocenters. The third-order valence-electron chi connectivity index (χ3n) is 4.62. The third-order valence-corrected chi connectivity index (χ3v) is 5.85. The van der Waals surface area contributed by atoms with E-state index in [1.54, 1.807) is 0 Å². The Kier molecular flexibility index (Phi) is 4.57. The van der Waals surface area contributed by atoms with E-state index in [9.17, 15) is 4.79 Å². The molecular weight excluding hydrogens is 326 g/mol. The highest BCUT2D eigenvalue weighted by molar-refractivity contribution is 7.99. The minimum absolute atomic E-state index is 0.0116. The molecule has 2 nitrogen and oxygen atoms in total. The second-order valence-electron chi connectivity index (χ2n) is 6.16. The largest absolute Gasteiger partial charge is 0.333 e. The SMILES string of the molecule is O=CN1CC(Sc2ccccc2)c2ccccc2C1c1ccccc1. The molecule has 0 saturated heterocycles. The lowest BCUT2D eigenvalue weighted by molar-refractivity contribution is -0.120. The zero-order valence-electron chi connectivity index (χ0n) is 13.8. The van der Waals surface area contributed by atoms with Crippen LogP contribution in [0.1, 0.15) is 28.0 Å². The van der Waals surface area contributed by atoms with Gasteiger partial charge in [0, 0.05) is 11.4 Å². The molecule has 3 aromatic rings. The first-order valence-corrected chi connectivity index (χ1v) is 9.31. The van der Waals surface area contributed by atoms with E-state index >= 15 is 0 Å². The number of carbonyl (C=O) groups excluding carboxylic acids is 1. The van der Waals surface area contributed by atoms with Gasteiger partial charge in [-0.25, -0.2) is 0 Å². The molecule has 0 saturated carbocycles. The predicted octanol–water partition coefficient (Wildman–Crippen LogP) is 5.08. The van der Waals surface area contributed by atoms with E-state index in [1.165, 1.54) is 16.0 Å². The zero-order chi connectivity index (χ0) is 17.1. The molecule has 0 fully saturated rings. The van der Waals surface area contributed by atoms with Crippen LogP contribution < -0.4 is 0 Å². The molecule has 1 aliphatic rings. The van der Waals surface area contributed by atoms with Gasteiger partial charge >= 0.3 is 0 Å². The van der Waals surface area contributed by atoms with E-state index in [0.717, 1.165) is 12.0 Å². The molecule has 1 heterocycles. The van der Waals surface area contributed by atoms with Crippen LogP contribution in [0.5, 0.6) is 0 Å². The average molecular weight is 345 g/mol. The van der Waals surface area contributed by atoms with Crippen LogP contribution in [-0.2, 0) is 4.79 Å². The fourth-order valence-corrected chi connectivity index (χ4v) is 4.73. The summed E-state index contributed by atoms with van der Waals surface area (Å²) in [6.45, 7) is 0.708. The highest BCUT2D eigenvalue weighted by Gasteiger charge is 2.33. The van der Waals surface area contributed by atoms with Gasteiger partial charge in [0.25, 0.3) is 0 Å². The Balaban J connectivity index is 1.76. The molecular formula is C22H19NOS. The molecule has 124 valence electrons. The van der Waals surface area contributed by atoms with E-state index < -0.39 is 0 Å². The van der Waals surface area contributed by atoms with Crippen LogP contribution in [0.2, 0.25) is 0 Å². The molecule has 2 atom stereocenters. The van der Waals surface area contributed by atoms with Gasteiger partial charge in [0.05, 0.1) is 11.3 Å². The van der Waals surface area contributed by atoms with Crippen LogP contribution in [0.25, 0.3) is 0 Å². The van der Waals surface area contributed by atoms with E-state index in [1.807, 2.05) is 40.9 Å². The summed E-state index contributed by atoms with van der Waals surface area (Å²) in [7, 11) is 0. The number of rotatable bonds is 4. The van der Waals surface area contributed by atoms with Gasteiger partial charge in [-0.05, 0) is 28.8 Å². The number of nitrogens with zero attached hydrogens (tertiary/aromatic N) is 1. The van der Waals surface area contributed by atoms with Crippen molar-refractivity contribution in [3.05, 3.63) is 102 Å². The lowest BCUT2D eigenvalue weighted by Gasteiger charge is -2.39. The molecule has 0 aromatic heterocycles. The summed E-state index contributed by atoms with van der Waals surface area (Å²) < 4.78 is 0. The maximum atomic E-state index is 11.9. The summed E-state index contributed by atoms with van der Waals surface area (Å²) in [5, 5.41) is 0.240. The Morgan fingerprint density at radius 2 is 1.40 bits per heavy atom. The average Bonchev–Trinajstić information content (AvgIpc) is 2.69. The molecule has 1 aliphatic heterocycles. The first-order valence-electron chi connectivity index (χ1n) is 8.43. The second-order valence-corrected chi connectivity index (χ2v) is 7.44. The van der Waals surface area contributed by atoms with Crippen molar-refractivity contribution in [2.75, 3.05) is 6.54 Å². The molecule has 0 bridgehead atoms. The highest BCUT2D eigenvalue weighted by Crippen LogP contribution is 2.45. The van der Waals surface area contributed by atoms with Gasteiger partial charge in [-0.2, -0.15) is 0 Å². The number of thioether (sulfide) groups is 1. The van der Waals surface area contributed by atoms with E-state index in [4.69, 9.17) is 0 Å². The van der Waals surface area contributed by atoms with Crippen LogP contribution in [0.15, 0.2) is 89.8 Å². The maximum absolute atomic E-state index is 11.9. The Morgan fingerprint density at radius 3 is 2.08 bits per heavy atom. The molecule has 3 aromatic carbocycles. The number of fused-ring (bicyclic) bond motifs is 1. The number of hydrogen-bond donors (Lipinski definition) is 0. The number of amides is 1. The predicted molar refractivity (Wildman–Crippen MR) is 103 cm³/mol. The molecule has 4 rings (SSSR count). The Labute approximate surface area is 152 Å². The number of hydrogen-bond acceptors (Lipinski definition) is 2. The van der Waals surface area contributed by atoms with Crippen molar-refractivity contribution in [2.24, 2.45) is 0 Å². The van der Waals surface area contributed by atoms with Gasteiger partial charge in [0.2, 0.25) is 6.41 Å². The van der Waals surface area contributed by atoms with Crippen LogP contribution >= 0.6 is 11.8 Å². The van der Waals surface area contributed by atoms with Crippen molar-refractivity contribution in [1.82, 2.24) is 4.90 Å². The van der Waals surface area contributed by atoms with Crippen molar-refractivity contribution in [3.8, 4) is 0 Å². The Morgan fingerprint density at radius 1 is 0.800 bits per heavy atom. The van der Waals surface area contributed by atoms with Crippen LogP contribution in [0.4, 0.5) is 0 Å². The summed E-state index contributed by atoms with van der Waals surface area (Å²) in [5.74, 6) is 0. The quantitative estimate of drug-likeness (QED) is 0.615. The van der Waals surface area contributed by atoms with Crippen LogP contribution in [0.3, 0.4) is 0 Å². The van der Waals surface area contributed by atoms with Gasteiger partial charge in [-0.1, -0.05) is 72.8 Å². The van der Waals surface area contributed by atoms with Crippen molar-refractivity contribution in [3.63, 3.8) is 0 Å². The minimum atomic E-state index is -0.0116. The maximum Gasteiger partial charge on any atom is 0.210 e. The van der Waals surface area contributed by atoms with Gasteiger partial charge in [0.15, 0.2) is 0 Å². The summed E-state index contributed by atoms with van der Waals surface area (Å²) in [4.78, 5) is 15.0. The third kappa shape index (κ3) is 3.20. The molecule has 3 heteroatoms. The van der Waals surface area contributed by atoms with Gasteiger partial charge < -0.3 is 4.90 Å². The summed E-state index contributed by atoms with van der Waals surface area (Å²) >= 11 is 1.82. The van der Waals surface area contributed by atoms with E-state index in [2.05, 4.69) is 60.7 Å². The topological polar surface area (TPSA) is 20.3 Å². The fraction of sp³-hybridized carbons (Fsp3) is 0.136. The molecule has 1 amide bonds. The lowest BCUT2D eigenvalue weighted by atomic mass is 9.88. The summed E-state index contributed by atoms with van der Waals surface area (Å²) in [6, 6.07) is 29.2. The number of benzene rings is 3. The van der Waals surface area contributed by atoms with Crippen molar-refractivity contribution >= 4 is 18.2 Å². The van der Waals surface area contributed by atoms with E-state index in [0.29, 0.717) is 6.54 Å². The molecule has 0 aliphatic carbocycles. The van der Waals surface area contributed by atoms with Crippen LogP contribution in [-0.4, -0.2) is 17.9 Å². The first kappa shape index (κ1) is 16.0. The Bertz CT molecular complexity index is 850. The van der Waals surface area contributed by atoms with Gasteiger partial charge in [0.1, 0.15) is 0 Å². The minimum Gasteiger partial charge on any atom is -0.333 e. The highest BCUT2D eigenvalue weighted by atomic mass is 32.2. The fourth-order valence-electron chi connectivity index (χ4n) is 3.50. The lowest BCUT2D eigenvalue weighted by Crippen LogP contribution is -2.36. The van der Waals surface area contributed by atoms with Gasteiger partial charge in [-0.3, -0.25) is 4.79 Å². The molecule has 0 N–H and O–H groups in total. The van der Waals surface area contributed by atoms with Crippen molar-refractivity contribution < 1.29 is 4.79 Å². The van der Waals surface area contributed by atoms with Gasteiger partial charge in [-0.15, -0.1) is 11.8 Å². The van der Waals surface area contributed by atoms with Crippen molar-refractivity contribution in [1.29, 1.82) is 0 Å². The zero-order valence-corrected chi connectivity index (χ0v) is 14.6.